The molecular weight excluding hydrogens is 184 g/mol. The van der Waals surface area contributed by atoms with Gasteiger partial charge in [0.25, 0.3) is 0 Å². The highest BCUT2D eigenvalue weighted by atomic mass is 16.5. The Morgan fingerprint density at radius 3 is 3.00 bits per heavy atom. The smallest absolute Gasteiger partial charge is 0.224 e. The van der Waals surface area contributed by atoms with Crippen LogP contribution in [0.5, 0.6) is 5.88 Å². The number of rotatable bonds is 2. The number of anilines is 1. The molecule has 0 saturated carbocycles. The van der Waals surface area contributed by atoms with Crippen LogP contribution in [-0.2, 0) is 0 Å². The lowest BCUT2D eigenvalue weighted by molar-refractivity contribution is 0.399. The fourth-order valence-corrected chi connectivity index (χ4v) is 1.07. The molecule has 0 atom stereocenters. The largest absolute Gasteiger partial charge is 0.480 e. The van der Waals surface area contributed by atoms with Crippen LogP contribution in [0.15, 0.2) is 12.3 Å². The molecule has 2 heterocycles. The number of aromatic amines is 1. The van der Waals surface area contributed by atoms with Gasteiger partial charge in [0, 0.05) is 0 Å². The van der Waals surface area contributed by atoms with Gasteiger partial charge in [-0.25, -0.2) is 4.98 Å². The normalized spacial score (nSPS) is 10.1. The van der Waals surface area contributed by atoms with E-state index in [1.54, 1.807) is 6.07 Å². The van der Waals surface area contributed by atoms with Crippen LogP contribution in [0.4, 0.5) is 5.69 Å². The maximum atomic E-state index is 5.58. The SMILES string of the molecule is COc1ncc(N)cc1-c1nn[nH]n1. The van der Waals surface area contributed by atoms with Crippen molar-refractivity contribution in [3.8, 4) is 17.3 Å². The highest BCUT2D eigenvalue weighted by molar-refractivity contribution is 5.65. The molecule has 0 radical (unpaired) electrons. The first-order valence-corrected chi connectivity index (χ1v) is 3.84. The topological polar surface area (TPSA) is 103 Å². The third kappa shape index (κ3) is 1.35. The average Bonchev–Trinajstić information content (AvgIpc) is 2.70. The van der Waals surface area contributed by atoms with Crippen molar-refractivity contribution in [3.63, 3.8) is 0 Å². The van der Waals surface area contributed by atoms with Crippen LogP contribution in [0.3, 0.4) is 0 Å². The van der Waals surface area contributed by atoms with Crippen LogP contribution in [0.2, 0.25) is 0 Å². The molecule has 72 valence electrons. The van der Waals surface area contributed by atoms with Crippen LogP contribution in [0, 0.1) is 0 Å². The number of methoxy groups -OCH3 is 1. The predicted octanol–water partition coefficient (Wildman–Crippen LogP) is -0.148. The molecule has 0 bridgehead atoms. The monoisotopic (exact) mass is 192 g/mol. The van der Waals surface area contributed by atoms with Crippen molar-refractivity contribution < 1.29 is 4.74 Å². The van der Waals surface area contributed by atoms with Gasteiger partial charge in [-0.3, -0.25) is 0 Å². The molecular formula is C7H8N6O. The molecule has 2 rings (SSSR count). The van der Waals surface area contributed by atoms with E-state index in [9.17, 15) is 0 Å². The van der Waals surface area contributed by atoms with E-state index in [1.807, 2.05) is 0 Å². The van der Waals surface area contributed by atoms with E-state index in [1.165, 1.54) is 13.3 Å². The zero-order chi connectivity index (χ0) is 9.97. The van der Waals surface area contributed by atoms with Crippen molar-refractivity contribution in [2.45, 2.75) is 0 Å². The molecule has 14 heavy (non-hydrogen) atoms. The number of hydrogen-bond acceptors (Lipinski definition) is 6. The second-order valence-electron chi connectivity index (χ2n) is 2.56. The number of tetrazole rings is 1. The molecule has 7 nitrogen and oxygen atoms in total. The number of hydrogen-bond donors (Lipinski definition) is 2. The van der Waals surface area contributed by atoms with Gasteiger partial charge in [0.2, 0.25) is 11.7 Å². The quantitative estimate of drug-likeness (QED) is 0.686. The second kappa shape index (κ2) is 3.29. The highest BCUT2D eigenvalue weighted by Gasteiger charge is 2.11. The summed E-state index contributed by atoms with van der Waals surface area (Å²) in [6, 6.07) is 1.68. The molecule has 0 fully saturated rings. The van der Waals surface area contributed by atoms with E-state index in [0.717, 1.165) is 0 Å². The highest BCUT2D eigenvalue weighted by Crippen LogP contribution is 2.25. The van der Waals surface area contributed by atoms with Crippen LogP contribution in [0.1, 0.15) is 0 Å². The van der Waals surface area contributed by atoms with Crippen LogP contribution in [-0.4, -0.2) is 32.7 Å². The summed E-state index contributed by atoms with van der Waals surface area (Å²) >= 11 is 0. The molecule has 0 aliphatic carbocycles. The van der Waals surface area contributed by atoms with Crippen LogP contribution >= 0.6 is 0 Å². The molecule has 0 unspecified atom stereocenters. The molecule has 7 heteroatoms. The summed E-state index contributed by atoms with van der Waals surface area (Å²) < 4.78 is 5.04. The van der Waals surface area contributed by atoms with Crippen molar-refractivity contribution in [1.29, 1.82) is 0 Å². The molecule has 2 aromatic heterocycles. The minimum Gasteiger partial charge on any atom is -0.480 e. The van der Waals surface area contributed by atoms with Gasteiger partial charge in [0.15, 0.2) is 0 Å². The van der Waals surface area contributed by atoms with Gasteiger partial charge in [-0.1, -0.05) is 0 Å². The number of nitrogens with two attached hydrogens (primary N) is 1. The Morgan fingerprint density at radius 1 is 1.50 bits per heavy atom. The summed E-state index contributed by atoms with van der Waals surface area (Å²) in [4.78, 5) is 3.98. The van der Waals surface area contributed by atoms with Crippen LogP contribution in [0.25, 0.3) is 11.4 Å². The van der Waals surface area contributed by atoms with Crippen LogP contribution < -0.4 is 10.5 Å². The Kier molecular flexibility index (Phi) is 1.98. The Labute approximate surface area is 79.3 Å². The number of nitrogen functional groups attached to an aromatic ring is 1. The Hall–Kier alpha value is -2.18. The Bertz CT molecular complexity index is 426. The summed E-state index contributed by atoms with van der Waals surface area (Å²) in [6.45, 7) is 0. The first-order valence-electron chi connectivity index (χ1n) is 3.84. The fourth-order valence-electron chi connectivity index (χ4n) is 1.07. The number of aromatic nitrogens is 5. The number of nitrogens with one attached hydrogen (secondary N) is 1. The van der Waals surface area contributed by atoms with Gasteiger partial charge >= 0.3 is 0 Å². The zero-order valence-corrected chi connectivity index (χ0v) is 7.43. The summed E-state index contributed by atoms with van der Waals surface area (Å²) in [6.07, 6.45) is 1.50. The van der Waals surface area contributed by atoms with Crippen molar-refractivity contribution in [1.82, 2.24) is 25.6 Å². The second-order valence-corrected chi connectivity index (χ2v) is 2.56. The maximum Gasteiger partial charge on any atom is 0.224 e. The summed E-state index contributed by atoms with van der Waals surface area (Å²) in [7, 11) is 1.52. The molecule has 0 aliphatic heterocycles. The van der Waals surface area contributed by atoms with E-state index >= 15 is 0 Å². The lowest BCUT2D eigenvalue weighted by atomic mass is 10.2. The van der Waals surface area contributed by atoms with Gasteiger partial charge in [-0.2, -0.15) is 5.21 Å². The summed E-state index contributed by atoms with van der Waals surface area (Å²) in [5.74, 6) is 0.822. The first kappa shape index (κ1) is 8.42. The van der Waals surface area contributed by atoms with Gasteiger partial charge in [0.1, 0.15) is 0 Å². The van der Waals surface area contributed by atoms with Gasteiger partial charge < -0.3 is 10.5 Å². The molecule has 0 amide bonds. The standard InChI is InChI=1S/C7H8N6O/c1-14-7-5(2-4(8)3-9-7)6-10-12-13-11-6/h2-3H,8H2,1H3,(H,10,11,12,13). The molecule has 0 saturated heterocycles. The first-order chi connectivity index (χ1) is 6.81. The number of H-pyrrole nitrogens is 1. The lowest BCUT2D eigenvalue weighted by Gasteiger charge is -2.03. The van der Waals surface area contributed by atoms with Crippen molar-refractivity contribution in [2.24, 2.45) is 0 Å². The number of nitrogens with zero attached hydrogens (tertiary/aromatic N) is 4. The summed E-state index contributed by atoms with van der Waals surface area (Å²) in [5, 5.41) is 13.4. The van der Waals surface area contributed by atoms with Crippen molar-refractivity contribution in [2.75, 3.05) is 12.8 Å². The minimum atomic E-state index is 0.404. The van der Waals surface area contributed by atoms with E-state index in [-0.39, 0.29) is 0 Å². The molecule has 0 spiro atoms. The van der Waals surface area contributed by atoms with Gasteiger partial charge in [-0.15, -0.1) is 10.2 Å². The maximum absolute atomic E-state index is 5.58. The zero-order valence-electron chi connectivity index (χ0n) is 7.43. The third-order valence-electron chi connectivity index (χ3n) is 1.65. The van der Waals surface area contributed by atoms with Crippen molar-refractivity contribution in [3.05, 3.63) is 12.3 Å². The fraction of sp³-hybridized carbons (Fsp3) is 0.143. The van der Waals surface area contributed by atoms with E-state index < -0.39 is 0 Å². The Morgan fingerprint density at radius 2 is 2.36 bits per heavy atom. The molecule has 0 aliphatic rings. The van der Waals surface area contributed by atoms with Gasteiger partial charge in [-0.05, 0) is 11.3 Å². The minimum absolute atomic E-state index is 0.404. The van der Waals surface area contributed by atoms with E-state index in [4.69, 9.17) is 10.5 Å². The summed E-state index contributed by atoms with van der Waals surface area (Å²) in [5.41, 5.74) is 6.72. The van der Waals surface area contributed by atoms with Gasteiger partial charge in [0.05, 0.1) is 24.6 Å². The van der Waals surface area contributed by atoms with E-state index in [2.05, 4.69) is 25.6 Å². The average molecular weight is 192 g/mol. The lowest BCUT2D eigenvalue weighted by Crippen LogP contribution is -1.95. The predicted molar refractivity (Wildman–Crippen MR) is 48.4 cm³/mol. The molecule has 2 aromatic rings. The van der Waals surface area contributed by atoms with E-state index in [0.29, 0.717) is 23.0 Å². The van der Waals surface area contributed by atoms with Crippen molar-refractivity contribution >= 4 is 5.69 Å². The number of ether oxygens (including phenoxy) is 1. The molecule has 0 aromatic carbocycles. The number of pyridine rings is 1. The Balaban J connectivity index is 2.55. The molecule has 3 N–H and O–H groups in total. The third-order valence-corrected chi connectivity index (χ3v) is 1.65.